The lowest BCUT2D eigenvalue weighted by atomic mass is 10.2. The van der Waals surface area contributed by atoms with Crippen molar-refractivity contribution in [1.82, 2.24) is 4.98 Å². The molecule has 0 saturated carbocycles. The van der Waals surface area contributed by atoms with Gasteiger partial charge in [-0.25, -0.2) is 4.39 Å². The van der Waals surface area contributed by atoms with E-state index >= 15 is 0 Å². The first-order valence-electron chi connectivity index (χ1n) is 5.28. The predicted octanol–water partition coefficient (Wildman–Crippen LogP) is 2.78. The number of aryl methyl sites for hydroxylation is 1. The normalized spacial score (nSPS) is 10.3. The molecule has 0 aliphatic heterocycles. The predicted molar refractivity (Wildman–Crippen MR) is 63.3 cm³/mol. The van der Waals surface area contributed by atoms with Crippen LogP contribution in [0.25, 0.3) is 0 Å². The van der Waals surface area contributed by atoms with Crippen LogP contribution < -0.4 is 10.5 Å². The summed E-state index contributed by atoms with van der Waals surface area (Å²) < 4.78 is 18.7. The van der Waals surface area contributed by atoms with Crippen LogP contribution in [0.1, 0.15) is 11.3 Å². The monoisotopic (exact) mass is 232 g/mol. The second-order valence-electron chi connectivity index (χ2n) is 3.67. The van der Waals surface area contributed by atoms with Crippen LogP contribution in [-0.4, -0.2) is 4.98 Å². The number of benzene rings is 1. The smallest absolute Gasteiger partial charge is 0.150 e. The first kappa shape index (κ1) is 11.5. The van der Waals surface area contributed by atoms with Gasteiger partial charge in [-0.2, -0.15) is 0 Å². The summed E-state index contributed by atoms with van der Waals surface area (Å²) in [4.78, 5) is 4.11. The third kappa shape index (κ3) is 2.60. The van der Waals surface area contributed by atoms with Crippen molar-refractivity contribution >= 4 is 0 Å². The second kappa shape index (κ2) is 4.93. The van der Waals surface area contributed by atoms with Crippen molar-refractivity contribution in [3.05, 3.63) is 53.6 Å². The zero-order chi connectivity index (χ0) is 12.3. The molecule has 0 bridgehead atoms. The average molecular weight is 232 g/mol. The number of ether oxygens (including phenoxy) is 1. The van der Waals surface area contributed by atoms with Crippen molar-refractivity contribution in [3.8, 4) is 11.5 Å². The van der Waals surface area contributed by atoms with E-state index in [4.69, 9.17) is 10.5 Å². The Morgan fingerprint density at radius 1 is 1.35 bits per heavy atom. The zero-order valence-corrected chi connectivity index (χ0v) is 9.48. The lowest BCUT2D eigenvalue weighted by Crippen LogP contribution is -2.01. The maximum atomic E-state index is 13.1. The molecule has 2 rings (SSSR count). The van der Waals surface area contributed by atoms with Gasteiger partial charge in [-0.3, -0.25) is 4.98 Å². The first-order chi connectivity index (χ1) is 8.20. The first-order valence-corrected chi connectivity index (χ1v) is 5.28. The van der Waals surface area contributed by atoms with E-state index in [0.717, 1.165) is 0 Å². The summed E-state index contributed by atoms with van der Waals surface area (Å²) in [6.07, 6.45) is 1.66. The van der Waals surface area contributed by atoms with Gasteiger partial charge in [-0.1, -0.05) is 0 Å². The Hall–Kier alpha value is -1.94. The number of halogens is 1. The Morgan fingerprint density at radius 2 is 2.18 bits per heavy atom. The van der Waals surface area contributed by atoms with E-state index in [1.165, 1.54) is 6.07 Å². The number of rotatable bonds is 3. The van der Waals surface area contributed by atoms with Gasteiger partial charge < -0.3 is 10.5 Å². The molecule has 0 amide bonds. The molecule has 0 aliphatic carbocycles. The SMILES string of the molecule is Cc1cc(Oc2cccnc2CN)ccc1F. The molecule has 0 unspecified atom stereocenters. The Bertz CT molecular complexity index is 529. The second-order valence-corrected chi connectivity index (χ2v) is 3.67. The molecule has 2 N–H and O–H groups in total. The Labute approximate surface area is 99.1 Å². The number of nitrogens with two attached hydrogens (primary N) is 1. The summed E-state index contributed by atoms with van der Waals surface area (Å²) >= 11 is 0. The molecular weight excluding hydrogens is 219 g/mol. The number of hydrogen-bond acceptors (Lipinski definition) is 3. The number of hydrogen-bond donors (Lipinski definition) is 1. The topological polar surface area (TPSA) is 48.1 Å². The van der Waals surface area contributed by atoms with Gasteiger partial charge >= 0.3 is 0 Å². The molecule has 88 valence electrons. The van der Waals surface area contributed by atoms with Gasteiger partial charge in [0.1, 0.15) is 17.3 Å². The molecule has 1 heterocycles. The van der Waals surface area contributed by atoms with Crippen LogP contribution in [0.4, 0.5) is 4.39 Å². The fourth-order valence-electron chi connectivity index (χ4n) is 1.48. The summed E-state index contributed by atoms with van der Waals surface area (Å²) in [5.41, 5.74) is 6.77. The Morgan fingerprint density at radius 3 is 2.88 bits per heavy atom. The molecule has 0 saturated heterocycles. The average Bonchev–Trinajstić information content (AvgIpc) is 2.34. The molecule has 0 fully saturated rings. The molecule has 0 atom stereocenters. The maximum Gasteiger partial charge on any atom is 0.150 e. The Kier molecular flexibility index (Phi) is 3.35. The van der Waals surface area contributed by atoms with E-state index in [1.807, 2.05) is 0 Å². The van der Waals surface area contributed by atoms with Crippen LogP contribution in [0.5, 0.6) is 11.5 Å². The van der Waals surface area contributed by atoms with Crippen molar-refractivity contribution in [1.29, 1.82) is 0 Å². The maximum absolute atomic E-state index is 13.1. The van der Waals surface area contributed by atoms with Gasteiger partial charge in [0.2, 0.25) is 0 Å². The molecular formula is C13H13FN2O. The molecule has 0 aliphatic rings. The molecule has 4 heteroatoms. The van der Waals surface area contributed by atoms with Crippen molar-refractivity contribution < 1.29 is 9.13 Å². The summed E-state index contributed by atoms with van der Waals surface area (Å²) in [6, 6.07) is 8.15. The van der Waals surface area contributed by atoms with E-state index in [9.17, 15) is 4.39 Å². The third-order valence-corrected chi connectivity index (χ3v) is 2.40. The van der Waals surface area contributed by atoms with E-state index in [1.54, 1.807) is 37.4 Å². The summed E-state index contributed by atoms with van der Waals surface area (Å²) in [7, 11) is 0. The number of pyridine rings is 1. The van der Waals surface area contributed by atoms with Crippen LogP contribution in [-0.2, 0) is 6.54 Å². The molecule has 3 nitrogen and oxygen atoms in total. The van der Waals surface area contributed by atoms with Gasteiger partial charge in [0.15, 0.2) is 0 Å². The van der Waals surface area contributed by atoms with Crippen LogP contribution in [0.15, 0.2) is 36.5 Å². The van der Waals surface area contributed by atoms with Crippen molar-refractivity contribution in [2.75, 3.05) is 0 Å². The van der Waals surface area contributed by atoms with Crippen LogP contribution in [0.3, 0.4) is 0 Å². The van der Waals surface area contributed by atoms with Gasteiger partial charge in [0.05, 0.1) is 5.69 Å². The fourth-order valence-corrected chi connectivity index (χ4v) is 1.48. The lowest BCUT2D eigenvalue weighted by molar-refractivity contribution is 0.470. The minimum Gasteiger partial charge on any atom is -0.455 e. The molecule has 0 spiro atoms. The summed E-state index contributed by atoms with van der Waals surface area (Å²) in [6.45, 7) is 1.99. The van der Waals surface area contributed by atoms with Crippen molar-refractivity contribution in [3.63, 3.8) is 0 Å². The molecule has 17 heavy (non-hydrogen) atoms. The van der Waals surface area contributed by atoms with Crippen LogP contribution >= 0.6 is 0 Å². The van der Waals surface area contributed by atoms with Gasteiger partial charge in [-0.15, -0.1) is 0 Å². The largest absolute Gasteiger partial charge is 0.455 e. The fraction of sp³-hybridized carbons (Fsp3) is 0.154. The zero-order valence-electron chi connectivity index (χ0n) is 9.48. The molecule has 1 aromatic carbocycles. The van der Waals surface area contributed by atoms with E-state index in [2.05, 4.69) is 4.98 Å². The highest BCUT2D eigenvalue weighted by Gasteiger charge is 2.05. The van der Waals surface area contributed by atoms with E-state index in [0.29, 0.717) is 29.3 Å². The third-order valence-electron chi connectivity index (χ3n) is 2.40. The van der Waals surface area contributed by atoms with Crippen LogP contribution in [0.2, 0.25) is 0 Å². The van der Waals surface area contributed by atoms with Crippen LogP contribution in [0, 0.1) is 12.7 Å². The highest BCUT2D eigenvalue weighted by atomic mass is 19.1. The molecule has 0 radical (unpaired) electrons. The molecule has 2 aromatic rings. The van der Waals surface area contributed by atoms with Gasteiger partial charge in [-0.05, 0) is 42.8 Å². The minimum atomic E-state index is -0.248. The number of aromatic nitrogens is 1. The van der Waals surface area contributed by atoms with E-state index < -0.39 is 0 Å². The van der Waals surface area contributed by atoms with Gasteiger partial charge in [0.25, 0.3) is 0 Å². The van der Waals surface area contributed by atoms with Gasteiger partial charge in [0, 0.05) is 12.7 Å². The Balaban J connectivity index is 2.28. The summed E-state index contributed by atoms with van der Waals surface area (Å²) in [5, 5.41) is 0. The standard InChI is InChI=1S/C13H13FN2O/c1-9-7-10(4-5-11(9)14)17-13-3-2-6-16-12(13)8-15/h2-7H,8,15H2,1H3. The van der Waals surface area contributed by atoms with Crippen molar-refractivity contribution in [2.24, 2.45) is 5.73 Å². The minimum absolute atomic E-state index is 0.248. The highest BCUT2D eigenvalue weighted by molar-refractivity contribution is 5.36. The lowest BCUT2D eigenvalue weighted by Gasteiger charge is -2.09. The highest BCUT2D eigenvalue weighted by Crippen LogP contribution is 2.25. The summed E-state index contributed by atoms with van der Waals surface area (Å²) in [5.74, 6) is 0.926. The molecule has 1 aromatic heterocycles. The number of nitrogens with zero attached hydrogens (tertiary/aromatic N) is 1. The van der Waals surface area contributed by atoms with E-state index in [-0.39, 0.29) is 5.82 Å². The van der Waals surface area contributed by atoms with Crippen molar-refractivity contribution in [2.45, 2.75) is 13.5 Å². The quantitative estimate of drug-likeness (QED) is 0.885.